The number of benzene rings is 2. The van der Waals surface area contributed by atoms with Crippen LogP contribution in [0.4, 0.5) is 5.95 Å². The van der Waals surface area contributed by atoms with Crippen LogP contribution in [0.3, 0.4) is 0 Å². The van der Waals surface area contributed by atoms with E-state index in [-0.39, 0.29) is 6.61 Å². The zero-order valence-corrected chi connectivity index (χ0v) is 22.0. The normalized spacial score (nSPS) is 14.8. The number of aromatic nitrogens is 3. The van der Waals surface area contributed by atoms with Crippen LogP contribution in [0.5, 0.6) is 11.5 Å². The van der Waals surface area contributed by atoms with Crippen molar-refractivity contribution in [3.63, 3.8) is 0 Å². The smallest absolute Gasteiger partial charge is 0.338 e. The molecular formula is C25H26BrClN4O4. The Bertz CT molecular complexity index is 1260. The number of carbonyl (C=O) groups excluding carboxylic acids is 1. The van der Waals surface area contributed by atoms with Crippen LogP contribution in [0.15, 0.2) is 58.5 Å². The molecule has 0 saturated carbocycles. The average molecular weight is 562 g/mol. The van der Waals surface area contributed by atoms with Crippen molar-refractivity contribution < 1.29 is 19.0 Å². The van der Waals surface area contributed by atoms with E-state index in [1.165, 1.54) is 6.33 Å². The zero-order chi connectivity index (χ0) is 24.9. The van der Waals surface area contributed by atoms with Crippen molar-refractivity contribution in [2.45, 2.75) is 39.3 Å². The van der Waals surface area contributed by atoms with E-state index in [0.717, 1.165) is 24.0 Å². The topological polar surface area (TPSA) is 87.5 Å². The van der Waals surface area contributed by atoms with Gasteiger partial charge in [-0.3, -0.25) is 0 Å². The molecule has 1 atom stereocenters. The molecule has 1 aromatic heterocycles. The first-order valence-corrected chi connectivity index (χ1v) is 12.4. The number of nitrogens with one attached hydrogen (secondary N) is 1. The molecule has 0 aliphatic carbocycles. The van der Waals surface area contributed by atoms with E-state index in [1.54, 1.807) is 11.8 Å². The number of methoxy groups -OCH3 is 1. The van der Waals surface area contributed by atoms with Gasteiger partial charge in [-0.1, -0.05) is 43.1 Å². The Morgan fingerprint density at radius 1 is 1.29 bits per heavy atom. The molecular weight excluding hydrogens is 536 g/mol. The molecule has 3 aromatic rings. The van der Waals surface area contributed by atoms with E-state index in [4.69, 9.17) is 25.8 Å². The maximum Gasteiger partial charge on any atom is 0.338 e. The van der Waals surface area contributed by atoms with Crippen molar-refractivity contribution in [3.05, 3.63) is 74.6 Å². The van der Waals surface area contributed by atoms with Gasteiger partial charge in [0.25, 0.3) is 0 Å². The summed E-state index contributed by atoms with van der Waals surface area (Å²) in [6.45, 7) is 4.49. The number of fused-ring (bicyclic) bond motifs is 1. The molecule has 0 bridgehead atoms. The number of hydrogen-bond donors (Lipinski definition) is 1. The van der Waals surface area contributed by atoms with Gasteiger partial charge in [-0.2, -0.15) is 10.1 Å². The first-order chi connectivity index (χ1) is 16.9. The van der Waals surface area contributed by atoms with Gasteiger partial charge in [-0.15, -0.1) is 0 Å². The van der Waals surface area contributed by atoms with Gasteiger partial charge >= 0.3 is 5.97 Å². The van der Waals surface area contributed by atoms with Gasteiger partial charge in [0, 0.05) is 16.3 Å². The number of unbranched alkanes of at least 4 members (excludes halogenated alkanes) is 1. The predicted octanol–water partition coefficient (Wildman–Crippen LogP) is 5.91. The van der Waals surface area contributed by atoms with Crippen molar-refractivity contribution >= 4 is 39.4 Å². The number of carbonyl (C=O) groups is 1. The van der Waals surface area contributed by atoms with Crippen LogP contribution in [0.25, 0.3) is 0 Å². The van der Waals surface area contributed by atoms with Gasteiger partial charge in [-0.05, 0) is 53.0 Å². The molecule has 0 radical (unpaired) electrons. The lowest BCUT2D eigenvalue weighted by Crippen LogP contribution is -2.30. The highest BCUT2D eigenvalue weighted by Crippen LogP contribution is 2.43. The Kier molecular flexibility index (Phi) is 7.97. The third-order valence-corrected chi connectivity index (χ3v) is 6.60. The molecule has 1 unspecified atom stereocenters. The second kappa shape index (κ2) is 11.1. The number of nitrogens with zero attached hydrogens (tertiary/aromatic N) is 3. The second-order valence-electron chi connectivity index (χ2n) is 8.00. The van der Waals surface area contributed by atoms with Gasteiger partial charge < -0.3 is 19.5 Å². The maximum absolute atomic E-state index is 13.1. The minimum Gasteiger partial charge on any atom is -0.493 e. The van der Waals surface area contributed by atoms with Crippen LogP contribution in [0.1, 0.15) is 43.9 Å². The quantitative estimate of drug-likeness (QED) is 0.256. The number of rotatable bonds is 9. The van der Waals surface area contributed by atoms with E-state index < -0.39 is 12.0 Å². The Hall–Kier alpha value is -3.04. The van der Waals surface area contributed by atoms with Crippen LogP contribution in [0.2, 0.25) is 5.02 Å². The first-order valence-electron chi connectivity index (χ1n) is 11.2. The lowest BCUT2D eigenvalue weighted by Gasteiger charge is -2.29. The Morgan fingerprint density at radius 3 is 2.83 bits per heavy atom. The molecule has 0 fully saturated rings. The van der Waals surface area contributed by atoms with Crippen molar-refractivity contribution in [1.82, 2.24) is 14.8 Å². The molecule has 0 amide bonds. The van der Waals surface area contributed by atoms with Gasteiger partial charge in [0.1, 0.15) is 19.0 Å². The van der Waals surface area contributed by atoms with Crippen molar-refractivity contribution in [3.8, 4) is 11.5 Å². The van der Waals surface area contributed by atoms with Crippen LogP contribution < -0.4 is 14.8 Å². The number of anilines is 1. The predicted molar refractivity (Wildman–Crippen MR) is 137 cm³/mol. The zero-order valence-electron chi connectivity index (χ0n) is 19.7. The summed E-state index contributed by atoms with van der Waals surface area (Å²) >= 11 is 9.90. The molecule has 1 aliphatic rings. The van der Waals surface area contributed by atoms with Crippen molar-refractivity contribution in [2.75, 3.05) is 19.0 Å². The van der Waals surface area contributed by atoms with Gasteiger partial charge in [-0.25, -0.2) is 9.48 Å². The molecule has 4 rings (SSSR count). The summed E-state index contributed by atoms with van der Waals surface area (Å²) in [5, 5.41) is 8.14. The van der Waals surface area contributed by atoms with E-state index >= 15 is 0 Å². The van der Waals surface area contributed by atoms with Crippen molar-refractivity contribution in [2.24, 2.45) is 0 Å². The van der Waals surface area contributed by atoms with E-state index in [1.807, 2.05) is 50.2 Å². The number of halogens is 2. The Balaban J connectivity index is 1.70. The van der Waals surface area contributed by atoms with Gasteiger partial charge in [0.05, 0.1) is 23.8 Å². The molecule has 35 heavy (non-hydrogen) atoms. The molecule has 8 nitrogen and oxygen atoms in total. The monoisotopic (exact) mass is 560 g/mol. The lowest BCUT2D eigenvalue weighted by atomic mass is 9.95. The fourth-order valence-electron chi connectivity index (χ4n) is 3.85. The summed E-state index contributed by atoms with van der Waals surface area (Å²) in [6, 6.07) is 10.7. The average Bonchev–Trinajstić information content (AvgIpc) is 3.31. The molecule has 2 aromatic carbocycles. The molecule has 184 valence electrons. The number of hydrogen-bond acceptors (Lipinski definition) is 7. The summed E-state index contributed by atoms with van der Waals surface area (Å²) < 4.78 is 19.6. The minimum atomic E-state index is -0.564. The van der Waals surface area contributed by atoms with Crippen LogP contribution in [-0.2, 0) is 16.1 Å². The summed E-state index contributed by atoms with van der Waals surface area (Å²) in [4.78, 5) is 17.4. The maximum atomic E-state index is 13.1. The highest BCUT2D eigenvalue weighted by atomic mass is 79.9. The number of esters is 1. The summed E-state index contributed by atoms with van der Waals surface area (Å²) in [5.41, 5.74) is 2.73. The molecule has 0 spiro atoms. The number of allylic oxidation sites excluding steroid dienone is 1. The third kappa shape index (κ3) is 5.31. The lowest BCUT2D eigenvalue weighted by molar-refractivity contribution is -0.139. The fraction of sp³-hybridized carbons (Fsp3) is 0.320. The largest absolute Gasteiger partial charge is 0.493 e. The standard InChI is InChI=1S/C25H26BrClN4O4/c1-4-5-10-34-24(32)21-15(2)30-25-28-14-29-31(25)22(21)17-11-18(26)23(20(12-17)33-3)35-13-16-8-6-7-9-19(16)27/h6-9,11-12,14,22H,4-5,10,13H2,1-3H3,(H,28,29,30). The Morgan fingerprint density at radius 2 is 2.09 bits per heavy atom. The number of ether oxygens (including phenoxy) is 3. The summed E-state index contributed by atoms with van der Waals surface area (Å²) in [6.07, 6.45) is 3.17. The van der Waals surface area contributed by atoms with E-state index in [9.17, 15) is 4.79 Å². The van der Waals surface area contributed by atoms with Gasteiger partial charge in [0.2, 0.25) is 5.95 Å². The molecule has 10 heteroatoms. The molecule has 1 N–H and O–H groups in total. The first kappa shape index (κ1) is 25.1. The van der Waals surface area contributed by atoms with E-state index in [2.05, 4.69) is 31.3 Å². The summed E-state index contributed by atoms with van der Waals surface area (Å²) in [7, 11) is 1.57. The van der Waals surface area contributed by atoms with Crippen LogP contribution >= 0.6 is 27.5 Å². The highest BCUT2D eigenvalue weighted by molar-refractivity contribution is 9.10. The van der Waals surface area contributed by atoms with Gasteiger partial charge in [0.15, 0.2) is 11.5 Å². The molecule has 0 saturated heterocycles. The Labute approximate surface area is 217 Å². The fourth-order valence-corrected chi connectivity index (χ4v) is 4.62. The highest BCUT2D eigenvalue weighted by Gasteiger charge is 2.35. The third-order valence-electron chi connectivity index (χ3n) is 5.64. The van der Waals surface area contributed by atoms with Crippen LogP contribution in [0, 0.1) is 0 Å². The second-order valence-corrected chi connectivity index (χ2v) is 9.26. The molecule has 1 aliphatic heterocycles. The van der Waals surface area contributed by atoms with Crippen LogP contribution in [-0.4, -0.2) is 34.5 Å². The van der Waals surface area contributed by atoms with E-state index in [0.29, 0.717) is 44.8 Å². The summed E-state index contributed by atoms with van der Waals surface area (Å²) in [5.74, 6) is 1.16. The minimum absolute atomic E-state index is 0.266. The molecule has 2 heterocycles. The SMILES string of the molecule is CCCCOC(=O)C1=C(C)Nc2ncnn2C1c1cc(Br)c(OCc2ccccc2Cl)c(OC)c1. The van der Waals surface area contributed by atoms with Crippen molar-refractivity contribution in [1.29, 1.82) is 0 Å².